The highest BCUT2D eigenvalue weighted by Crippen LogP contribution is 1.97. The molecule has 0 atom stereocenters. The molecule has 0 aliphatic rings. The van der Waals surface area contributed by atoms with E-state index in [4.69, 9.17) is 0 Å². The van der Waals surface area contributed by atoms with Gasteiger partial charge < -0.3 is 0 Å². The fraction of sp³-hybridized carbons (Fsp3) is 0.500. The number of ketones is 1. The Bertz CT molecular complexity index is 285. The third-order valence-corrected chi connectivity index (χ3v) is 1.43. The van der Waals surface area contributed by atoms with Crippen molar-refractivity contribution in [2.75, 3.05) is 0 Å². The molecule has 1 rings (SSSR count). The lowest BCUT2D eigenvalue weighted by Gasteiger charge is -1.96. The minimum atomic E-state index is -0.138. The third kappa shape index (κ3) is 2.08. The summed E-state index contributed by atoms with van der Waals surface area (Å²) < 4.78 is 0. The minimum absolute atomic E-state index is 0.138. The van der Waals surface area contributed by atoms with E-state index in [-0.39, 0.29) is 11.6 Å². The topological polar surface area (TPSA) is 55.7 Å². The van der Waals surface area contributed by atoms with Crippen LogP contribution in [0.5, 0.6) is 0 Å². The van der Waals surface area contributed by atoms with Crippen LogP contribution in [0.25, 0.3) is 0 Å². The number of nitrogens with zero attached hydrogens (tertiary/aromatic N) is 3. The number of carbonyl (C=O) groups excluding carboxylic acids is 1. The van der Waals surface area contributed by atoms with E-state index in [2.05, 4.69) is 22.1 Å². The summed E-state index contributed by atoms with van der Waals surface area (Å²) in [6.07, 6.45) is 3.43. The predicted octanol–water partition coefficient (Wildman–Crippen LogP) is 1.03. The molecule has 1 aromatic rings. The molecule has 0 radical (unpaired) electrons. The van der Waals surface area contributed by atoms with Gasteiger partial charge in [0, 0.05) is 6.92 Å². The zero-order chi connectivity index (χ0) is 8.97. The van der Waals surface area contributed by atoms with Crippen molar-refractivity contribution in [1.29, 1.82) is 0 Å². The second-order valence-electron chi connectivity index (χ2n) is 2.58. The molecular weight excluding hydrogens is 154 g/mol. The van der Waals surface area contributed by atoms with Gasteiger partial charge in [-0.1, -0.05) is 13.3 Å². The highest BCUT2D eigenvalue weighted by molar-refractivity contribution is 5.89. The molecular formula is C8H11N3O. The van der Waals surface area contributed by atoms with Crippen LogP contribution in [0.2, 0.25) is 0 Å². The Balaban J connectivity index is 2.88. The molecule has 0 aliphatic heterocycles. The lowest BCUT2D eigenvalue weighted by molar-refractivity contribution is 0.100. The molecule has 4 heteroatoms. The van der Waals surface area contributed by atoms with Crippen LogP contribution in [0.3, 0.4) is 0 Å². The van der Waals surface area contributed by atoms with Gasteiger partial charge in [-0.05, 0) is 6.42 Å². The summed E-state index contributed by atoms with van der Waals surface area (Å²) in [5, 5.41) is 7.30. The molecule has 12 heavy (non-hydrogen) atoms. The number of aryl methyl sites for hydroxylation is 1. The first-order valence-electron chi connectivity index (χ1n) is 3.93. The lowest BCUT2D eigenvalue weighted by Crippen LogP contribution is -2.05. The van der Waals surface area contributed by atoms with Crippen LogP contribution in [-0.2, 0) is 6.42 Å². The zero-order valence-corrected chi connectivity index (χ0v) is 7.24. The second kappa shape index (κ2) is 3.90. The van der Waals surface area contributed by atoms with Gasteiger partial charge in [0.2, 0.25) is 5.82 Å². The molecule has 64 valence electrons. The number of Topliss-reactive ketones (excluding diaryl/α,β-unsaturated/α-hetero) is 1. The van der Waals surface area contributed by atoms with Gasteiger partial charge in [-0.2, -0.15) is 5.10 Å². The molecule has 1 aromatic heterocycles. The van der Waals surface area contributed by atoms with Crippen molar-refractivity contribution < 1.29 is 4.79 Å². The SMILES string of the molecule is CCCc1cnnc(C(C)=O)n1. The monoisotopic (exact) mass is 165 g/mol. The summed E-state index contributed by atoms with van der Waals surface area (Å²) in [6, 6.07) is 0. The first-order valence-corrected chi connectivity index (χ1v) is 3.93. The van der Waals surface area contributed by atoms with Crippen molar-refractivity contribution >= 4 is 5.78 Å². The Labute approximate surface area is 71.0 Å². The number of aromatic nitrogens is 3. The number of hydrogen-bond donors (Lipinski definition) is 0. The summed E-state index contributed by atoms with van der Waals surface area (Å²) in [5.41, 5.74) is 0.831. The first-order chi connectivity index (χ1) is 5.74. The maximum atomic E-state index is 10.8. The van der Waals surface area contributed by atoms with Crippen molar-refractivity contribution in [3.05, 3.63) is 17.7 Å². The van der Waals surface area contributed by atoms with Crippen LogP contribution < -0.4 is 0 Å². The Hall–Kier alpha value is -1.32. The van der Waals surface area contributed by atoms with Crippen LogP contribution in [0.1, 0.15) is 36.6 Å². The van der Waals surface area contributed by atoms with Crippen LogP contribution in [-0.4, -0.2) is 21.0 Å². The van der Waals surface area contributed by atoms with Gasteiger partial charge in [-0.3, -0.25) is 4.79 Å². The average Bonchev–Trinajstić information content (AvgIpc) is 2.05. The number of carbonyl (C=O) groups is 1. The van der Waals surface area contributed by atoms with Gasteiger partial charge in [0.05, 0.1) is 11.9 Å². The summed E-state index contributed by atoms with van der Waals surface area (Å²) in [4.78, 5) is 14.9. The molecule has 0 aromatic carbocycles. The smallest absolute Gasteiger partial charge is 0.217 e. The molecule has 0 spiro atoms. The number of hydrogen-bond acceptors (Lipinski definition) is 4. The largest absolute Gasteiger partial charge is 0.291 e. The molecule has 4 nitrogen and oxygen atoms in total. The van der Waals surface area contributed by atoms with Crippen molar-refractivity contribution in [3.63, 3.8) is 0 Å². The van der Waals surface area contributed by atoms with E-state index in [9.17, 15) is 4.79 Å². The Morgan fingerprint density at radius 2 is 2.33 bits per heavy atom. The maximum absolute atomic E-state index is 10.8. The summed E-state index contributed by atoms with van der Waals surface area (Å²) in [6.45, 7) is 3.49. The molecule has 0 bridgehead atoms. The lowest BCUT2D eigenvalue weighted by atomic mass is 10.3. The van der Waals surface area contributed by atoms with Crippen LogP contribution in [0.4, 0.5) is 0 Å². The summed E-state index contributed by atoms with van der Waals surface area (Å²) >= 11 is 0. The van der Waals surface area contributed by atoms with Gasteiger partial charge in [-0.15, -0.1) is 5.10 Å². The van der Waals surface area contributed by atoms with Gasteiger partial charge in [0.15, 0.2) is 5.78 Å². The number of rotatable bonds is 3. The standard InChI is InChI=1S/C8H11N3O/c1-3-4-7-5-9-11-8(10-7)6(2)12/h5H,3-4H2,1-2H3. The average molecular weight is 165 g/mol. The van der Waals surface area contributed by atoms with Gasteiger partial charge >= 0.3 is 0 Å². The predicted molar refractivity (Wildman–Crippen MR) is 43.8 cm³/mol. The van der Waals surface area contributed by atoms with Crippen molar-refractivity contribution in [2.45, 2.75) is 26.7 Å². The van der Waals surface area contributed by atoms with Crippen molar-refractivity contribution in [3.8, 4) is 0 Å². The fourth-order valence-electron chi connectivity index (χ4n) is 0.863. The molecule has 0 saturated carbocycles. The van der Waals surface area contributed by atoms with Crippen molar-refractivity contribution in [2.24, 2.45) is 0 Å². The summed E-state index contributed by atoms with van der Waals surface area (Å²) in [5.74, 6) is 0.0707. The Morgan fingerprint density at radius 1 is 1.58 bits per heavy atom. The van der Waals surface area contributed by atoms with Crippen LogP contribution >= 0.6 is 0 Å². The third-order valence-electron chi connectivity index (χ3n) is 1.43. The maximum Gasteiger partial charge on any atom is 0.217 e. The Kier molecular flexibility index (Phi) is 2.85. The normalized spacial score (nSPS) is 9.83. The molecule has 0 fully saturated rings. The fourth-order valence-corrected chi connectivity index (χ4v) is 0.863. The van der Waals surface area contributed by atoms with E-state index in [1.54, 1.807) is 6.20 Å². The second-order valence-corrected chi connectivity index (χ2v) is 2.58. The van der Waals surface area contributed by atoms with Gasteiger partial charge in [0.1, 0.15) is 0 Å². The summed E-state index contributed by atoms with van der Waals surface area (Å²) in [7, 11) is 0. The highest BCUT2D eigenvalue weighted by atomic mass is 16.1. The minimum Gasteiger partial charge on any atom is -0.291 e. The highest BCUT2D eigenvalue weighted by Gasteiger charge is 2.03. The van der Waals surface area contributed by atoms with Crippen LogP contribution in [0, 0.1) is 0 Å². The quantitative estimate of drug-likeness (QED) is 0.627. The van der Waals surface area contributed by atoms with E-state index < -0.39 is 0 Å². The van der Waals surface area contributed by atoms with E-state index in [0.717, 1.165) is 18.5 Å². The van der Waals surface area contributed by atoms with E-state index >= 15 is 0 Å². The zero-order valence-electron chi connectivity index (χ0n) is 7.24. The van der Waals surface area contributed by atoms with Crippen molar-refractivity contribution in [1.82, 2.24) is 15.2 Å². The molecule has 1 heterocycles. The van der Waals surface area contributed by atoms with Gasteiger partial charge in [-0.25, -0.2) is 4.98 Å². The van der Waals surface area contributed by atoms with Crippen LogP contribution in [0.15, 0.2) is 6.20 Å². The van der Waals surface area contributed by atoms with Gasteiger partial charge in [0.25, 0.3) is 0 Å². The molecule has 0 unspecified atom stereocenters. The van der Waals surface area contributed by atoms with E-state index in [1.165, 1.54) is 6.92 Å². The van der Waals surface area contributed by atoms with E-state index in [0.29, 0.717) is 0 Å². The molecule has 0 N–H and O–H groups in total. The first kappa shape index (κ1) is 8.77. The Morgan fingerprint density at radius 3 is 2.92 bits per heavy atom. The van der Waals surface area contributed by atoms with E-state index in [1.807, 2.05) is 0 Å². The molecule has 0 aliphatic carbocycles. The molecule has 0 saturated heterocycles. The molecule has 0 amide bonds.